The van der Waals surface area contributed by atoms with Gasteiger partial charge in [-0.2, -0.15) is 0 Å². The maximum atomic E-state index is 12.3. The third-order valence-corrected chi connectivity index (χ3v) is 7.35. The second kappa shape index (κ2) is 10.9. The highest BCUT2D eigenvalue weighted by atomic mass is 16.4. The number of benzene rings is 3. The van der Waals surface area contributed by atoms with Gasteiger partial charge < -0.3 is 10.2 Å². The van der Waals surface area contributed by atoms with Crippen molar-refractivity contribution in [2.75, 3.05) is 0 Å². The minimum absolute atomic E-state index is 0.233. The molecule has 0 bridgehead atoms. The summed E-state index contributed by atoms with van der Waals surface area (Å²) in [5.41, 5.74) is 7.03. The minimum atomic E-state index is -0.982. The van der Waals surface area contributed by atoms with E-state index in [0.717, 1.165) is 48.8 Å². The predicted molar refractivity (Wildman–Crippen MR) is 140 cm³/mol. The normalized spacial score (nSPS) is 14.1. The zero-order valence-electron chi connectivity index (χ0n) is 20.6. The maximum absolute atomic E-state index is 12.3. The van der Waals surface area contributed by atoms with Crippen LogP contribution in [0.25, 0.3) is 22.3 Å². The molecule has 182 valence electrons. The lowest BCUT2D eigenvalue weighted by molar-refractivity contribution is 0.0686. The van der Waals surface area contributed by atoms with E-state index in [-0.39, 0.29) is 11.1 Å². The Kier molecular flexibility index (Phi) is 7.70. The fraction of sp³-hybridized carbons (Fsp3) is 0.355. The van der Waals surface area contributed by atoms with Crippen molar-refractivity contribution in [3.05, 3.63) is 82.4 Å². The van der Waals surface area contributed by atoms with E-state index in [2.05, 4.69) is 13.0 Å². The highest BCUT2D eigenvalue weighted by Gasteiger charge is 2.27. The van der Waals surface area contributed by atoms with Gasteiger partial charge in [0.1, 0.15) is 0 Å². The van der Waals surface area contributed by atoms with E-state index in [9.17, 15) is 19.8 Å². The van der Waals surface area contributed by atoms with Crippen molar-refractivity contribution >= 4 is 11.9 Å². The third-order valence-electron chi connectivity index (χ3n) is 7.35. The largest absolute Gasteiger partial charge is 0.478 e. The Bertz CT molecular complexity index is 1230. The van der Waals surface area contributed by atoms with Crippen molar-refractivity contribution in [3.63, 3.8) is 0 Å². The number of aryl methyl sites for hydroxylation is 1. The number of aromatic carboxylic acids is 2. The topological polar surface area (TPSA) is 74.6 Å². The van der Waals surface area contributed by atoms with E-state index in [1.807, 2.05) is 31.2 Å². The Morgan fingerprint density at radius 3 is 1.91 bits per heavy atom. The summed E-state index contributed by atoms with van der Waals surface area (Å²) in [4.78, 5) is 24.5. The van der Waals surface area contributed by atoms with Gasteiger partial charge in [0, 0.05) is 0 Å². The summed E-state index contributed by atoms with van der Waals surface area (Å²) >= 11 is 0. The van der Waals surface area contributed by atoms with Gasteiger partial charge in [-0.1, -0.05) is 75.1 Å². The van der Waals surface area contributed by atoms with Crippen LogP contribution in [-0.4, -0.2) is 22.2 Å². The number of carboxylic acids is 2. The van der Waals surface area contributed by atoms with Crippen molar-refractivity contribution in [2.24, 2.45) is 0 Å². The van der Waals surface area contributed by atoms with Gasteiger partial charge in [0.15, 0.2) is 0 Å². The molecule has 0 unspecified atom stereocenters. The number of unbranched alkanes of at least 4 members (excludes halogenated alkanes) is 1. The van der Waals surface area contributed by atoms with Crippen molar-refractivity contribution in [2.45, 2.75) is 71.1 Å². The summed E-state index contributed by atoms with van der Waals surface area (Å²) in [6, 6.07) is 16.5. The SMILES string of the molecule is CCCCc1c(C2CCCCC2)cc(C)c(-c2ccccc2C(=O)O)c1-c1ccccc1C(=O)O. The minimum Gasteiger partial charge on any atom is -0.478 e. The summed E-state index contributed by atoms with van der Waals surface area (Å²) in [5.74, 6) is -1.50. The molecule has 1 fully saturated rings. The molecule has 0 heterocycles. The first-order valence-electron chi connectivity index (χ1n) is 12.8. The lowest BCUT2D eigenvalue weighted by Crippen LogP contribution is -2.12. The summed E-state index contributed by atoms with van der Waals surface area (Å²) in [5, 5.41) is 20.1. The lowest BCUT2D eigenvalue weighted by Gasteiger charge is -2.29. The number of carbonyl (C=O) groups is 2. The fourth-order valence-electron chi connectivity index (χ4n) is 5.71. The van der Waals surface area contributed by atoms with E-state index in [4.69, 9.17) is 0 Å². The fourth-order valence-corrected chi connectivity index (χ4v) is 5.71. The lowest BCUT2D eigenvalue weighted by atomic mass is 9.75. The van der Waals surface area contributed by atoms with Crippen molar-refractivity contribution in [3.8, 4) is 22.3 Å². The van der Waals surface area contributed by atoms with Crippen LogP contribution in [-0.2, 0) is 6.42 Å². The van der Waals surface area contributed by atoms with Gasteiger partial charge in [0.25, 0.3) is 0 Å². The highest BCUT2D eigenvalue weighted by Crippen LogP contribution is 2.46. The Morgan fingerprint density at radius 2 is 1.37 bits per heavy atom. The molecule has 2 N–H and O–H groups in total. The van der Waals surface area contributed by atoms with E-state index < -0.39 is 11.9 Å². The molecule has 0 saturated heterocycles. The number of hydrogen-bond acceptors (Lipinski definition) is 2. The van der Waals surface area contributed by atoms with Gasteiger partial charge in [-0.25, -0.2) is 9.59 Å². The molecule has 4 nitrogen and oxygen atoms in total. The molecular formula is C31H34O4. The van der Waals surface area contributed by atoms with Gasteiger partial charge in [-0.05, 0) is 89.6 Å². The predicted octanol–water partition coefficient (Wildman–Crippen LogP) is 8.12. The summed E-state index contributed by atoms with van der Waals surface area (Å²) in [7, 11) is 0. The monoisotopic (exact) mass is 470 g/mol. The van der Waals surface area contributed by atoms with Crippen LogP contribution in [0.15, 0.2) is 54.6 Å². The van der Waals surface area contributed by atoms with E-state index in [0.29, 0.717) is 17.0 Å². The summed E-state index contributed by atoms with van der Waals surface area (Å²) < 4.78 is 0. The van der Waals surface area contributed by atoms with Crippen LogP contribution in [0, 0.1) is 6.92 Å². The van der Waals surface area contributed by atoms with Crippen LogP contribution in [0.1, 0.15) is 95.2 Å². The van der Waals surface area contributed by atoms with Gasteiger partial charge >= 0.3 is 11.9 Å². The first-order chi connectivity index (χ1) is 16.9. The molecule has 0 amide bonds. The third kappa shape index (κ3) is 5.02. The first kappa shape index (κ1) is 24.7. The molecule has 35 heavy (non-hydrogen) atoms. The molecular weight excluding hydrogens is 436 g/mol. The number of rotatable bonds is 8. The molecule has 0 aromatic heterocycles. The molecule has 0 radical (unpaired) electrons. The average molecular weight is 471 g/mol. The molecule has 1 saturated carbocycles. The second-order valence-corrected chi connectivity index (χ2v) is 9.65. The van der Waals surface area contributed by atoms with Crippen molar-refractivity contribution < 1.29 is 19.8 Å². The van der Waals surface area contributed by atoms with Crippen LogP contribution in [0.3, 0.4) is 0 Å². The molecule has 0 aliphatic heterocycles. The zero-order chi connectivity index (χ0) is 24.9. The maximum Gasteiger partial charge on any atom is 0.336 e. The van der Waals surface area contributed by atoms with Crippen molar-refractivity contribution in [1.29, 1.82) is 0 Å². The zero-order valence-corrected chi connectivity index (χ0v) is 20.6. The Morgan fingerprint density at radius 1 is 0.829 bits per heavy atom. The number of hydrogen-bond donors (Lipinski definition) is 2. The van der Waals surface area contributed by atoms with Crippen LogP contribution in [0.4, 0.5) is 0 Å². The van der Waals surface area contributed by atoms with Gasteiger partial charge in [0.05, 0.1) is 11.1 Å². The highest BCUT2D eigenvalue weighted by molar-refractivity contribution is 6.04. The van der Waals surface area contributed by atoms with E-state index in [1.165, 1.54) is 30.4 Å². The van der Waals surface area contributed by atoms with Gasteiger partial charge in [0.2, 0.25) is 0 Å². The van der Waals surface area contributed by atoms with Crippen LogP contribution < -0.4 is 0 Å². The van der Waals surface area contributed by atoms with Crippen LogP contribution in [0.2, 0.25) is 0 Å². The number of carboxylic acid groups (broad SMARTS) is 2. The van der Waals surface area contributed by atoms with Crippen molar-refractivity contribution in [1.82, 2.24) is 0 Å². The smallest absolute Gasteiger partial charge is 0.336 e. The van der Waals surface area contributed by atoms with Gasteiger partial charge in [-0.15, -0.1) is 0 Å². The molecule has 3 aromatic carbocycles. The molecule has 0 atom stereocenters. The molecule has 1 aliphatic rings. The molecule has 0 spiro atoms. The van der Waals surface area contributed by atoms with Gasteiger partial charge in [-0.3, -0.25) is 0 Å². The average Bonchev–Trinajstić information content (AvgIpc) is 2.87. The Hall–Kier alpha value is -3.40. The van der Waals surface area contributed by atoms with Crippen LogP contribution >= 0.6 is 0 Å². The summed E-state index contributed by atoms with van der Waals surface area (Å²) in [6.45, 7) is 4.21. The van der Waals surface area contributed by atoms with E-state index in [1.54, 1.807) is 24.3 Å². The second-order valence-electron chi connectivity index (χ2n) is 9.65. The quantitative estimate of drug-likeness (QED) is 0.349. The molecule has 4 heteroatoms. The van der Waals surface area contributed by atoms with E-state index >= 15 is 0 Å². The molecule has 1 aliphatic carbocycles. The molecule has 3 aromatic rings. The Labute approximate surface area is 207 Å². The van der Waals surface area contributed by atoms with Crippen LogP contribution in [0.5, 0.6) is 0 Å². The standard InChI is InChI=1S/C31H34O4/c1-3-4-14-24-27(21-12-6-5-7-13-21)19-20(2)28(22-15-8-10-17-25(22)30(32)33)29(24)23-16-9-11-18-26(23)31(34)35/h8-11,15-19,21H,3-7,12-14H2,1-2H3,(H,32,33)(H,34,35). The summed E-state index contributed by atoms with van der Waals surface area (Å²) in [6.07, 6.45) is 8.83. The Balaban J connectivity index is 2.13. The molecule has 4 rings (SSSR count). The first-order valence-corrected chi connectivity index (χ1v) is 12.8.